The van der Waals surface area contributed by atoms with Crippen LogP contribution in [0.2, 0.25) is 0 Å². The average molecular weight is 248 g/mol. The summed E-state index contributed by atoms with van der Waals surface area (Å²) in [6, 6.07) is 6.10. The molecule has 0 heterocycles. The second kappa shape index (κ2) is 6.55. The van der Waals surface area contributed by atoms with Crippen LogP contribution in [0.4, 0.5) is 5.69 Å². The fourth-order valence-electron chi connectivity index (χ4n) is 2.13. The Hall–Kier alpha value is -1.35. The van der Waals surface area contributed by atoms with Gasteiger partial charge in [0.2, 0.25) is 5.91 Å². The Balaban J connectivity index is 2.78. The van der Waals surface area contributed by atoms with Crippen LogP contribution in [0.1, 0.15) is 25.0 Å². The molecule has 0 aliphatic heterocycles. The van der Waals surface area contributed by atoms with E-state index in [-0.39, 0.29) is 11.8 Å². The zero-order valence-corrected chi connectivity index (χ0v) is 12.0. The smallest absolute Gasteiger partial charge is 0.229 e. The first kappa shape index (κ1) is 14.7. The molecule has 3 nitrogen and oxygen atoms in total. The van der Waals surface area contributed by atoms with Crippen molar-refractivity contribution in [2.45, 2.75) is 27.7 Å². The summed E-state index contributed by atoms with van der Waals surface area (Å²) in [5.41, 5.74) is 3.22. The van der Waals surface area contributed by atoms with Crippen molar-refractivity contribution in [1.29, 1.82) is 0 Å². The number of anilines is 1. The molecule has 0 fully saturated rings. The highest BCUT2D eigenvalue weighted by molar-refractivity contribution is 5.93. The highest BCUT2D eigenvalue weighted by Gasteiger charge is 2.21. The van der Waals surface area contributed by atoms with Gasteiger partial charge >= 0.3 is 0 Å². The van der Waals surface area contributed by atoms with Crippen LogP contribution in [0.15, 0.2) is 18.2 Å². The minimum Gasteiger partial charge on any atom is -0.326 e. The first-order valence-electron chi connectivity index (χ1n) is 6.47. The Morgan fingerprint density at radius 3 is 2.17 bits per heavy atom. The molecule has 0 spiro atoms. The first-order valence-corrected chi connectivity index (χ1v) is 6.47. The lowest BCUT2D eigenvalue weighted by atomic mass is 9.94. The highest BCUT2D eigenvalue weighted by atomic mass is 16.1. The van der Waals surface area contributed by atoms with Gasteiger partial charge in [0.05, 0.1) is 5.92 Å². The van der Waals surface area contributed by atoms with Crippen molar-refractivity contribution < 1.29 is 4.79 Å². The highest BCUT2D eigenvalue weighted by Crippen LogP contribution is 2.17. The Kier molecular flexibility index (Phi) is 5.35. The maximum atomic E-state index is 12.2. The molecule has 1 aromatic carbocycles. The maximum Gasteiger partial charge on any atom is 0.229 e. The van der Waals surface area contributed by atoms with Gasteiger partial charge in [-0.2, -0.15) is 0 Å². The average Bonchev–Trinajstić information content (AvgIpc) is 2.23. The SMILES string of the molecule is CNCC(C(=O)Nc1cc(C)cc(C)c1)C(C)C. The molecule has 0 saturated carbocycles. The quantitative estimate of drug-likeness (QED) is 0.841. The van der Waals surface area contributed by atoms with Gasteiger partial charge in [0.25, 0.3) is 0 Å². The molecular formula is C15H24N2O. The summed E-state index contributed by atoms with van der Waals surface area (Å²) >= 11 is 0. The standard InChI is InChI=1S/C15H24N2O/c1-10(2)14(9-16-5)15(18)17-13-7-11(3)6-12(4)8-13/h6-8,10,14,16H,9H2,1-5H3,(H,17,18). The predicted molar refractivity (Wildman–Crippen MR) is 76.8 cm³/mol. The molecule has 1 unspecified atom stereocenters. The number of nitrogens with one attached hydrogen (secondary N) is 2. The topological polar surface area (TPSA) is 41.1 Å². The minimum absolute atomic E-state index is 0.00387. The fraction of sp³-hybridized carbons (Fsp3) is 0.533. The third kappa shape index (κ3) is 4.15. The molecule has 100 valence electrons. The second-order valence-electron chi connectivity index (χ2n) is 5.27. The van der Waals surface area contributed by atoms with E-state index in [0.717, 1.165) is 5.69 Å². The Labute approximate surface area is 110 Å². The lowest BCUT2D eigenvalue weighted by Gasteiger charge is -2.20. The number of benzene rings is 1. The number of amides is 1. The molecule has 3 heteroatoms. The molecule has 0 aromatic heterocycles. The van der Waals surface area contributed by atoms with Gasteiger partial charge in [-0.3, -0.25) is 4.79 Å². The van der Waals surface area contributed by atoms with Crippen LogP contribution >= 0.6 is 0 Å². The van der Waals surface area contributed by atoms with Crippen LogP contribution in [-0.4, -0.2) is 19.5 Å². The molecule has 0 saturated heterocycles. The number of aryl methyl sites for hydroxylation is 2. The van der Waals surface area contributed by atoms with E-state index in [4.69, 9.17) is 0 Å². The normalized spacial score (nSPS) is 12.6. The van der Waals surface area contributed by atoms with Gasteiger partial charge in [0.15, 0.2) is 0 Å². The van der Waals surface area contributed by atoms with Crippen molar-refractivity contribution in [3.05, 3.63) is 29.3 Å². The molecule has 2 N–H and O–H groups in total. The van der Waals surface area contributed by atoms with E-state index < -0.39 is 0 Å². The van der Waals surface area contributed by atoms with Gasteiger partial charge in [-0.15, -0.1) is 0 Å². The van der Waals surface area contributed by atoms with Crippen LogP contribution in [0.25, 0.3) is 0 Å². The molecule has 0 aliphatic rings. The second-order valence-corrected chi connectivity index (χ2v) is 5.27. The summed E-state index contributed by atoms with van der Waals surface area (Å²) in [4.78, 5) is 12.2. The van der Waals surface area contributed by atoms with Crippen molar-refractivity contribution in [2.24, 2.45) is 11.8 Å². The number of hydrogen-bond donors (Lipinski definition) is 2. The molecule has 0 bridgehead atoms. The van der Waals surface area contributed by atoms with E-state index in [9.17, 15) is 4.79 Å². The zero-order chi connectivity index (χ0) is 13.7. The largest absolute Gasteiger partial charge is 0.326 e. The summed E-state index contributed by atoms with van der Waals surface area (Å²) in [6.07, 6.45) is 0. The summed E-state index contributed by atoms with van der Waals surface area (Å²) in [6.45, 7) is 8.92. The summed E-state index contributed by atoms with van der Waals surface area (Å²) < 4.78 is 0. The van der Waals surface area contributed by atoms with E-state index in [2.05, 4.69) is 30.5 Å². The number of carbonyl (C=O) groups is 1. The molecule has 1 amide bonds. The molecular weight excluding hydrogens is 224 g/mol. The van der Waals surface area contributed by atoms with Crippen molar-refractivity contribution in [3.63, 3.8) is 0 Å². The Morgan fingerprint density at radius 1 is 1.17 bits per heavy atom. The predicted octanol–water partition coefficient (Wildman–Crippen LogP) is 2.73. The minimum atomic E-state index is -0.00387. The molecule has 0 radical (unpaired) electrons. The third-order valence-electron chi connectivity index (χ3n) is 3.05. The van der Waals surface area contributed by atoms with Crippen molar-refractivity contribution in [2.75, 3.05) is 18.9 Å². The lowest BCUT2D eigenvalue weighted by Crippen LogP contribution is -2.34. The molecule has 1 aromatic rings. The molecule has 0 aliphatic carbocycles. The Bertz CT molecular complexity index is 393. The molecule has 1 rings (SSSR count). The number of carbonyl (C=O) groups excluding carboxylic acids is 1. The van der Waals surface area contributed by atoms with Crippen LogP contribution in [0, 0.1) is 25.7 Å². The van der Waals surface area contributed by atoms with Gasteiger partial charge in [0.1, 0.15) is 0 Å². The number of rotatable bonds is 5. The summed E-state index contributed by atoms with van der Waals surface area (Å²) in [5.74, 6) is 0.406. The van der Waals surface area contributed by atoms with Crippen LogP contribution < -0.4 is 10.6 Å². The third-order valence-corrected chi connectivity index (χ3v) is 3.05. The van der Waals surface area contributed by atoms with Gasteiger partial charge in [0, 0.05) is 12.2 Å². The van der Waals surface area contributed by atoms with E-state index in [1.807, 2.05) is 33.0 Å². The Morgan fingerprint density at radius 2 is 1.72 bits per heavy atom. The summed E-state index contributed by atoms with van der Waals surface area (Å²) in [7, 11) is 1.87. The van der Waals surface area contributed by atoms with Crippen molar-refractivity contribution >= 4 is 11.6 Å². The number of hydrogen-bond acceptors (Lipinski definition) is 2. The van der Waals surface area contributed by atoms with Crippen molar-refractivity contribution in [1.82, 2.24) is 5.32 Å². The zero-order valence-electron chi connectivity index (χ0n) is 12.0. The van der Waals surface area contributed by atoms with Gasteiger partial charge in [-0.1, -0.05) is 19.9 Å². The van der Waals surface area contributed by atoms with Gasteiger partial charge < -0.3 is 10.6 Å². The van der Waals surface area contributed by atoms with Crippen molar-refractivity contribution in [3.8, 4) is 0 Å². The fourth-order valence-corrected chi connectivity index (χ4v) is 2.13. The van der Waals surface area contributed by atoms with Gasteiger partial charge in [-0.25, -0.2) is 0 Å². The first-order chi connectivity index (χ1) is 8.43. The van der Waals surface area contributed by atoms with Crippen LogP contribution in [-0.2, 0) is 4.79 Å². The lowest BCUT2D eigenvalue weighted by molar-refractivity contribution is -0.120. The maximum absolute atomic E-state index is 12.2. The van der Waals surface area contributed by atoms with E-state index in [1.165, 1.54) is 11.1 Å². The molecule has 1 atom stereocenters. The van der Waals surface area contributed by atoms with Gasteiger partial charge in [-0.05, 0) is 50.1 Å². The van der Waals surface area contributed by atoms with E-state index in [1.54, 1.807) is 0 Å². The monoisotopic (exact) mass is 248 g/mol. The molecule has 18 heavy (non-hydrogen) atoms. The van der Waals surface area contributed by atoms with Crippen LogP contribution in [0.3, 0.4) is 0 Å². The summed E-state index contributed by atoms with van der Waals surface area (Å²) in [5, 5.41) is 6.09. The van der Waals surface area contributed by atoms with E-state index >= 15 is 0 Å². The van der Waals surface area contributed by atoms with E-state index in [0.29, 0.717) is 12.5 Å². The van der Waals surface area contributed by atoms with Crippen LogP contribution in [0.5, 0.6) is 0 Å².